The van der Waals surface area contributed by atoms with Crippen molar-refractivity contribution in [1.82, 2.24) is 0 Å². The maximum Gasteiger partial charge on any atom is 0.322 e. The molecule has 1 unspecified atom stereocenters. The Balaban J connectivity index is 2.29. The predicted molar refractivity (Wildman–Crippen MR) is 75.7 cm³/mol. The summed E-state index contributed by atoms with van der Waals surface area (Å²) < 4.78 is 1.01. The lowest BCUT2D eigenvalue weighted by atomic mass is 10.1. The first-order valence-electron chi connectivity index (χ1n) is 5.49. The van der Waals surface area contributed by atoms with Gasteiger partial charge in [-0.2, -0.15) is 0 Å². The summed E-state index contributed by atoms with van der Waals surface area (Å²) in [7, 11) is 0. The van der Waals surface area contributed by atoms with Crippen molar-refractivity contribution in [2.45, 2.75) is 6.04 Å². The highest BCUT2D eigenvalue weighted by Gasteiger charge is 2.11. The van der Waals surface area contributed by atoms with E-state index in [-0.39, 0.29) is 6.54 Å². The number of halogens is 1. The van der Waals surface area contributed by atoms with Gasteiger partial charge in [-0.15, -0.1) is 0 Å². The molecule has 5 heteroatoms. The van der Waals surface area contributed by atoms with E-state index in [1.165, 1.54) is 0 Å². The van der Waals surface area contributed by atoms with Crippen molar-refractivity contribution in [3.8, 4) is 0 Å². The second kappa shape index (κ2) is 5.37. The molecule has 18 heavy (non-hydrogen) atoms. The number of carboxylic acids is 1. The highest BCUT2D eigenvalue weighted by Crippen LogP contribution is 2.29. The van der Waals surface area contributed by atoms with Crippen molar-refractivity contribution in [2.75, 3.05) is 11.9 Å². The van der Waals surface area contributed by atoms with E-state index in [1.807, 2.05) is 36.4 Å². The Morgan fingerprint density at radius 1 is 1.28 bits per heavy atom. The summed E-state index contributed by atoms with van der Waals surface area (Å²) in [6.45, 7) is 0.195. The molecule has 2 aromatic carbocycles. The fourth-order valence-corrected chi connectivity index (χ4v) is 2.20. The van der Waals surface area contributed by atoms with Gasteiger partial charge in [-0.05, 0) is 17.5 Å². The molecule has 0 bridgehead atoms. The number of rotatable bonds is 4. The monoisotopic (exact) mass is 308 g/mol. The molecule has 0 spiro atoms. The largest absolute Gasteiger partial charge is 0.480 e. The van der Waals surface area contributed by atoms with Gasteiger partial charge in [-0.1, -0.05) is 40.2 Å². The lowest BCUT2D eigenvalue weighted by Gasteiger charge is -2.12. The molecule has 0 saturated carbocycles. The number of carboxylic acid groups (broad SMARTS) is 1. The number of benzene rings is 2. The molecule has 1 atom stereocenters. The third-order valence-electron chi connectivity index (χ3n) is 2.70. The van der Waals surface area contributed by atoms with Crippen LogP contribution in [0.3, 0.4) is 0 Å². The van der Waals surface area contributed by atoms with Crippen LogP contribution in [0.5, 0.6) is 0 Å². The van der Waals surface area contributed by atoms with Gasteiger partial charge in [-0.3, -0.25) is 4.79 Å². The first-order valence-corrected chi connectivity index (χ1v) is 6.28. The summed E-state index contributed by atoms with van der Waals surface area (Å²) in [5, 5.41) is 13.9. The number of hydrogen-bond acceptors (Lipinski definition) is 3. The van der Waals surface area contributed by atoms with E-state index in [2.05, 4.69) is 21.2 Å². The smallest absolute Gasteiger partial charge is 0.322 e. The lowest BCUT2D eigenvalue weighted by Crippen LogP contribution is -2.36. The average molecular weight is 309 g/mol. The van der Waals surface area contributed by atoms with Crippen molar-refractivity contribution in [1.29, 1.82) is 0 Å². The number of nitrogens with one attached hydrogen (secondary N) is 1. The minimum Gasteiger partial charge on any atom is -0.480 e. The van der Waals surface area contributed by atoms with E-state index < -0.39 is 12.0 Å². The SMILES string of the molecule is NC(CNc1ccc(Br)c2ccccc12)C(=O)O. The highest BCUT2D eigenvalue weighted by molar-refractivity contribution is 9.10. The van der Waals surface area contributed by atoms with E-state index in [1.54, 1.807) is 0 Å². The van der Waals surface area contributed by atoms with Crippen LogP contribution < -0.4 is 11.1 Å². The molecular formula is C13H13BrN2O2. The summed E-state index contributed by atoms with van der Waals surface area (Å²) >= 11 is 3.49. The molecule has 2 aromatic rings. The Labute approximate surface area is 113 Å². The average Bonchev–Trinajstić information content (AvgIpc) is 2.38. The first kappa shape index (κ1) is 12.9. The van der Waals surface area contributed by atoms with Crippen molar-refractivity contribution in [3.63, 3.8) is 0 Å². The molecule has 2 rings (SSSR count). The van der Waals surface area contributed by atoms with Gasteiger partial charge in [-0.25, -0.2) is 0 Å². The normalized spacial score (nSPS) is 12.3. The topological polar surface area (TPSA) is 75.3 Å². The summed E-state index contributed by atoms with van der Waals surface area (Å²) in [6.07, 6.45) is 0. The van der Waals surface area contributed by atoms with Crippen LogP contribution in [0.1, 0.15) is 0 Å². The van der Waals surface area contributed by atoms with Crippen LogP contribution in [0.15, 0.2) is 40.9 Å². The van der Waals surface area contributed by atoms with Crippen LogP contribution >= 0.6 is 15.9 Å². The minimum absolute atomic E-state index is 0.195. The summed E-state index contributed by atoms with van der Waals surface area (Å²) in [5.74, 6) is -1.01. The van der Waals surface area contributed by atoms with Crippen molar-refractivity contribution in [2.24, 2.45) is 5.73 Å². The molecule has 0 aromatic heterocycles. The van der Waals surface area contributed by atoms with Gasteiger partial charge >= 0.3 is 5.97 Å². The molecule has 0 fully saturated rings. The Morgan fingerprint density at radius 2 is 1.94 bits per heavy atom. The summed E-state index contributed by atoms with van der Waals surface area (Å²) in [4.78, 5) is 10.7. The quantitative estimate of drug-likeness (QED) is 0.811. The second-order valence-electron chi connectivity index (χ2n) is 3.97. The molecule has 4 nitrogen and oxygen atoms in total. The van der Waals surface area contributed by atoms with Crippen LogP contribution in [0, 0.1) is 0 Å². The van der Waals surface area contributed by atoms with Crippen LogP contribution in [-0.2, 0) is 4.79 Å². The Bertz CT molecular complexity index is 586. The standard InChI is InChI=1S/C13H13BrN2O2/c14-10-5-6-12(16-7-11(15)13(17)18)9-4-2-1-3-8(9)10/h1-6,11,16H,7,15H2,(H,17,18). The molecule has 0 amide bonds. The molecule has 94 valence electrons. The zero-order chi connectivity index (χ0) is 13.1. The van der Waals surface area contributed by atoms with Crippen molar-refractivity contribution >= 4 is 38.4 Å². The van der Waals surface area contributed by atoms with E-state index in [0.717, 1.165) is 20.9 Å². The number of nitrogens with two attached hydrogens (primary N) is 1. The summed E-state index contributed by atoms with van der Waals surface area (Å²) in [6, 6.07) is 10.8. The highest BCUT2D eigenvalue weighted by atomic mass is 79.9. The minimum atomic E-state index is -1.01. The van der Waals surface area contributed by atoms with Gasteiger partial charge in [0.25, 0.3) is 0 Å². The van der Waals surface area contributed by atoms with Crippen LogP contribution in [0.25, 0.3) is 10.8 Å². The Kier molecular flexibility index (Phi) is 3.84. The van der Waals surface area contributed by atoms with Gasteiger partial charge in [0.2, 0.25) is 0 Å². The van der Waals surface area contributed by atoms with Gasteiger partial charge < -0.3 is 16.2 Å². The fourth-order valence-electron chi connectivity index (χ4n) is 1.72. The zero-order valence-corrected chi connectivity index (χ0v) is 11.1. The van der Waals surface area contributed by atoms with Gasteiger partial charge in [0, 0.05) is 22.1 Å². The van der Waals surface area contributed by atoms with E-state index in [0.29, 0.717) is 0 Å². The van der Waals surface area contributed by atoms with Gasteiger partial charge in [0.05, 0.1) is 0 Å². The molecule has 0 heterocycles. The molecule has 0 aliphatic carbocycles. The van der Waals surface area contributed by atoms with Crippen molar-refractivity contribution < 1.29 is 9.90 Å². The predicted octanol–water partition coefficient (Wildman–Crippen LogP) is 2.43. The lowest BCUT2D eigenvalue weighted by molar-refractivity contribution is -0.138. The molecule has 0 aliphatic rings. The maximum atomic E-state index is 10.7. The molecular weight excluding hydrogens is 296 g/mol. The van der Waals surface area contributed by atoms with Crippen LogP contribution in [0.2, 0.25) is 0 Å². The number of anilines is 1. The summed E-state index contributed by atoms with van der Waals surface area (Å²) in [5.41, 5.74) is 6.35. The van der Waals surface area contributed by atoms with E-state index in [9.17, 15) is 4.79 Å². The third kappa shape index (κ3) is 2.63. The van der Waals surface area contributed by atoms with Gasteiger partial charge in [0.1, 0.15) is 6.04 Å². The number of carbonyl (C=O) groups is 1. The zero-order valence-electron chi connectivity index (χ0n) is 9.56. The first-order chi connectivity index (χ1) is 8.59. The number of fused-ring (bicyclic) bond motifs is 1. The van der Waals surface area contributed by atoms with Gasteiger partial charge in [0.15, 0.2) is 0 Å². The molecule has 0 radical (unpaired) electrons. The molecule has 0 aliphatic heterocycles. The van der Waals surface area contributed by atoms with Crippen LogP contribution in [0.4, 0.5) is 5.69 Å². The molecule has 4 N–H and O–H groups in total. The second-order valence-corrected chi connectivity index (χ2v) is 4.82. The van der Waals surface area contributed by atoms with Crippen molar-refractivity contribution in [3.05, 3.63) is 40.9 Å². The third-order valence-corrected chi connectivity index (χ3v) is 3.39. The number of hydrogen-bond donors (Lipinski definition) is 3. The van der Waals surface area contributed by atoms with E-state index in [4.69, 9.17) is 10.8 Å². The van der Waals surface area contributed by atoms with Crippen LogP contribution in [-0.4, -0.2) is 23.7 Å². The van der Waals surface area contributed by atoms with E-state index >= 15 is 0 Å². The maximum absolute atomic E-state index is 10.7. The Hall–Kier alpha value is -1.59. The number of aliphatic carboxylic acids is 1. The molecule has 0 saturated heterocycles. The Morgan fingerprint density at radius 3 is 2.61 bits per heavy atom. The fraction of sp³-hybridized carbons (Fsp3) is 0.154.